The van der Waals surface area contributed by atoms with Gasteiger partial charge in [-0.25, -0.2) is 4.98 Å². The number of pyridine rings is 1. The lowest BCUT2D eigenvalue weighted by Gasteiger charge is -2.10. The summed E-state index contributed by atoms with van der Waals surface area (Å²) in [5.41, 5.74) is 0.475. The van der Waals surface area contributed by atoms with Crippen LogP contribution in [0.25, 0.3) is 22.4 Å². The number of rotatable bonds is 6. The number of fused-ring (bicyclic) bond motifs is 1. The molecule has 2 heterocycles. The summed E-state index contributed by atoms with van der Waals surface area (Å²) in [5, 5.41) is 10.1. The maximum absolute atomic E-state index is 13.0. The van der Waals surface area contributed by atoms with Crippen LogP contribution in [0.1, 0.15) is 28.5 Å². The lowest BCUT2D eigenvalue weighted by molar-refractivity contribution is -0.137. The van der Waals surface area contributed by atoms with Crippen molar-refractivity contribution >= 4 is 29.4 Å². The number of nitrogens with zero attached hydrogens (tertiary/aromatic N) is 2. The highest BCUT2D eigenvalue weighted by atomic mass is 35.5. The van der Waals surface area contributed by atoms with Crippen LogP contribution >= 0.6 is 12.4 Å². The number of aromatic nitrogens is 2. The number of amides is 1. The zero-order valence-corrected chi connectivity index (χ0v) is 16.6. The van der Waals surface area contributed by atoms with Gasteiger partial charge in [-0.2, -0.15) is 13.2 Å². The minimum absolute atomic E-state index is 0. The SMILES string of the molecule is CCNCCNC(=O)c1cc(-c2cccc(C(F)(F)F)c2)nc2onc(C)c12.Cl. The summed E-state index contributed by atoms with van der Waals surface area (Å²) in [4.78, 5) is 16.9. The molecule has 0 spiro atoms. The largest absolute Gasteiger partial charge is 0.416 e. The third kappa shape index (κ3) is 5.04. The third-order valence-electron chi connectivity index (χ3n) is 4.18. The van der Waals surface area contributed by atoms with Crippen molar-refractivity contribution in [3.8, 4) is 11.3 Å². The van der Waals surface area contributed by atoms with E-state index >= 15 is 0 Å². The maximum atomic E-state index is 13.0. The molecule has 0 saturated carbocycles. The third-order valence-corrected chi connectivity index (χ3v) is 4.18. The Kier molecular flexibility index (Phi) is 7.21. The van der Waals surface area contributed by atoms with Crippen LogP contribution in [0.2, 0.25) is 0 Å². The van der Waals surface area contributed by atoms with Crippen molar-refractivity contribution in [2.45, 2.75) is 20.0 Å². The Hall–Kier alpha value is -2.65. The van der Waals surface area contributed by atoms with Crippen LogP contribution in [-0.4, -0.2) is 35.7 Å². The predicted molar refractivity (Wildman–Crippen MR) is 105 cm³/mol. The molecule has 0 bridgehead atoms. The van der Waals surface area contributed by atoms with Crippen molar-refractivity contribution in [3.05, 3.63) is 47.2 Å². The van der Waals surface area contributed by atoms with E-state index in [0.29, 0.717) is 24.2 Å². The van der Waals surface area contributed by atoms with E-state index in [1.165, 1.54) is 18.2 Å². The standard InChI is InChI=1S/C19H19F3N4O2.ClH/c1-3-23-7-8-24-17(27)14-10-15(25-18-16(14)11(2)26-28-18)12-5-4-6-13(9-12)19(20,21)22;/h4-6,9-10,23H,3,7-8H2,1-2H3,(H,24,27);1H. The van der Waals surface area contributed by atoms with Crippen LogP contribution in [0.5, 0.6) is 0 Å². The van der Waals surface area contributed by atoms with Crippen LogP contribution in [0, 0.1) is 6.92 Å². The summed E-state index contributed by atoms with van der Waals surface area (Å²) >= 11 is 0. The summed E-state index contributed by atoms with van der Waals surface area (Å²) in [6.45, 7) is 5.40. The molecule has 2 aromatic heterocycles. The fraction of sp³-hybridized carbons (Fsp3) is 0.316. The molecule has 6 nitrogen and oxygen atoms in total. The van der Waals surface area contributed by atoms with Gasteiger partial charge in [0, 0.05) is 18.7 Å². The average molecular weight is 429 g/mol. The van der Waals surface area contributed by atoms with Crippen molar-refractivity contribution in [2.75, 3.05) is 19.6 Å². The van der Waals surface area contributed by atoms with E-state index in [2.05, 4.69) is 20.8 Å². The van der Waals surface area contributed by atoms with Crippen molar-refractivity contribution in [1.29, 1.82) is 0 Å². The van der Waals surface area contributed by atoms with Gasteiger partial charge in [-0.3, -0.25) is 4.79 Å². The highest BCUT2D eigenvalue weighted by molar-refractivity contribution is 6.07. The molecule has 156 valence electrons. The maximum Gasteiger partial charge on any atom is 0.416 e. The Bertz CT molecular complexity index is 1000. The first-order valence-corrected chi connectivity index (χ1v) is 8.75. The fourth-order valence-corrected chi connectivity index (χ4v) is 2.81. The Labute approximate surface area is 171 Å². The zero-order chi connectivity index (χ0) is 20.3. The lowest BCUT2D eigenvalue weighted by atomic mass is 10.0. The Morgan fingerprint density at radius 3 is 2.66 bits per heavy atom. The van der Waals surface area contributed by atoms with Crippen molar-refractivity contribution in [3.63, 3.8) is 0 Å². The Balaban J connectivity index is 0.00000300. The monoisotopic (exact) mass is 428 g/mol. The first kappa shape index (κ1) is 22.6. The second-order valence-corrected chi connectivity index (χ2v) is 6.19. The molecule has 1 aromatic carbocycles. The van der Waals surface area contributed by atoms with E-state index in [0.717, 1.165) is 18.7 Å². The number of hydrogen-bond acceptors (Lipinski definition) is 5. The smallest absolute Gasteiger partial charge is 0.351 e. The van der Waals surface area contributed by atoms with Crippen LogP contribution in [0.4, 0.5) is 13.2 Å². The van der Waals surface area contributed by atoms with Crippen LogP contribution in [0.3, 0.4) is 0 Å². The number of nitrogens with one attached hydrogen (secondary N) is 2. The molecule has 3 aromatic rings. The molecular formula is C19H20ClF3N4O2. The first-order chi connectivity index (χ1) is 13.3. The van der Waals surface area contributed by atoms with Crippen LogP contribution < -0.4 is 10.6 Å². The molecule has 3 rings (SSSR count). The number of likely N-dealkylation sites (N-methyl/N-ethyl adjacent to an activating group) is 1. The average Bonchev–Trinajstić information content (AvgIpc) is 3.05. The first-order valence-electron chi connectivity index (χ1n) is 8.75. The van der Waals surface area contributed by atoms with E-state index in [4.69, 9.17) is 4.52 Å². The molecule has 10 heteroatoms. The summed E-state index contributed by atoms with van der Waals surface area (Å²) in [6, 6.07) is 6.23. The van der Waals surface area contributed by atoms with Crippen molar-refractivity contribution < 1.29 is 22.5 Å². The molecule has 2 N–H and O–H groups in total. The molecule has 0 fully saturated rings. The second kappa shape index (κ2) is 9.23. The number of benzene rings is 1. The zero-order valence-electron chi connectivity index (χ0n) is 15.8. The highest BCUT2D eigenvalue weighted by Crippen LogP contribution is 2.33. The van der Waals surface area contributed by atoms with E-state index in [1.807, 2.05) is 6.92 Å². The Morgan fingerprint density at radius 1 is 1.21 bits per heavy atom. The van der Waals surface area contributed by atoms with Crippen LogP contribution in [0.15, 0.2) is 34.9 Å². The van der Waals surface area contributed by atoms with Gasteiger partial charge in [0.15, 0.2) is 0 Å². The van der Waals surface area contributed by atoms with Gasteiger partial charge in [0.2, 0.25) is 0 Å². The normalized spacial score (nSPS) is 11.3. The summed E-state index contributed by atoms with van der Waals surface area (Å²) in [5.74, 6) is -0.371. The van der Waals surface area contributed by atoms with Crippen molar-refractivity contribution in [2.24, 2.45) is 0 Å². The summed E-state index contributed by atoms with van der Waals surface area (Å²) in [7, 11) is 0. The quantitative estimate of drug-likeness (QED) is 0.580. The van der Waals surface area contributed by atoms with Gasteiger partial charge >= 0.3 is 6.18 Å². The predicted octanol–water partition coefficient (Wildman–Crippen LogP) is 3.98. The minimum atomic E-state index is -4.48. The number of hydrogen-bond donors (Lipinski definition) is 2. The molecule has 1 amide bonds. The molecule has 0 saturated heterocycles. The number of carbonyl (C=O) groups is 1. The van der Waals surface area contributed by atoms with Gasteiger partial charge < -0.3 is 15.2 Å². The molecule has 0 unspecified atom stereocenters. The summed E-state index contributed by atoms with van der Waals surface area (Å²) < 4.78 is 44.3. The van der Waals surface area contributed by atoms with Gasteiger partial charge in [0.25, 0.3) is 11.6 Å². The topological polar surface area (TPSA) is 80.0 Å². The van der Waals surface area contributed by atoms with Gasteiger partial charge in [0.05, 0.1) is 27.9 Å². The van der Waals surface area contributed by atoms with Gasteiger partial charge in [-0.1, -0.05) is 24.2 Å². The van der Waals surface area contributed by atoms with E-state index < -0.39 is 11.7 Å². The highest BCUT2D eigenvalue weighted by Gasteiger charge is 2.30. The number of carbonyl (C=O) groups excluding carboxylic acids is 1. The molecule has 0 radical (unpaired) electrons. The van der Waals surface area contributed by atoms with E-state index in [9.17, 15) is 18.0 Å². The van der Waals surface area contributed by atoms with Gasteiger partial charge in [-0.15, -0.1) is 12.4 Å². The molecule has 0 aliphatic rings. The molecule has 0 aliphatic carbocycles. The molecular weight excluding hydrogens is 409 g/mol. The minimum Gasteiger partial charge on any atom is -0.351 e. The van der Waals surface area contributed by atoms with Crippen LogP contribution in [-0.2, 0) is 6.18 Å². The van der Waals surface area contributed by atoms with Crippen molar-refractivity contribution in [1.82, 2.24) is 20.8 Å². The molecule has 0 atom stereocenters. The Morgan fingerprint density at radius 2 is 1.97 bits per heavy atom. The number of aryl methyl sites for hydroxylation is 1. The number of halogens is 4. The van der Waals surface area contributed by atoms with Gasteiger partial charge in [0.1, 0.15) is 0 Å². The molecule has 29 heavy (non-hydrogen) atoms. The fourth-order valence-electron chi connectivity index (χ4n) is 2.81. The second-order valence-electron chi connectivity index (χ2n) is 6.19. The lowest BCUT2D eigenvalue weighted by Crippen LogP contribution is -2.31. The summed E-state index contributed by atoms with van der Waals surface area (Å²) in [6.07, 6.45) is -4.48. The van der Waals surface area contributed by atoms with E-state index in [1.54, 1.807) is 6.92 Å². The number of alkyl halides is 3. The van der Waals surface area contributed by atoms with E-state index in [-0.39, 0.29) is 40.8 Å². The molecule has 0 aliphatic heterocycles. The van der Waals surface area contributed by atoms with Gasteiger partial charge in [-0.05, 0) is 31.7 Å².